The third-order valence-corrected chi connectivity index (χ3v) is 0.175. The van der Waals surface area contributed by atoms with E-state index in [0.717, 1.165) is 0 Å². The highest BCUT2D eigenvalue weighted by molar-refractivity contribution is 5.76. The van der Waals surface area contributed by atoms with E-state index in [2.05, 4.69) is 5.73 Å². The minimum absolute atomic E-state index is 0. The van der Waals surface area contributed by atoms with Crippen molar-refractivity contribution in [2.75, 3.05) is 6.54 Å². The van der Waals surface area contributed by atoms with Crippen molar-refractivity contribution >= 4 is 52.1 Å². The van der Waals surface area contributed by atoms with Crippen LogP contribution in [-0.2, 0) is 4.79 Å². The molecule has 0 aromatic heterocycles. The van der Waals surface area contributed by atoms with Crippen molar-refractivity contribution < 1.29 is 15.4 Å². The Kier molecular flexibility index (Phi) is 45.3. The first-order valence-electron chi connectivity index (χ1n) is 1.19. The van der Waals surface area contributed by atoms with Gasteiger partial charge in [-0.3, -0.25) is 4.79 Å². The monoisotopic (exact) mass is 145 g/mol. The zero-order chi connectivity index (χ0) is 4.28. The summed E-state index contributed by atoms with van der Waals surface area (Å²) in [5.41, 5.74) is 4.57. The molecule has 0 saturated heterocycles. The Morgan fingerprint density at radius 2 is 1.62 bits per heavy atom. The van der Waals surface area contributed by atoms with Crippen LogP contribution in [0, 0.1) is 0 Å². The summed E-state index contributed by atoms with van der Waals surface area (Å²) in [5.74, 6) is -0.968. The summed E-state index contributed by atoms with van der Waals surface area (Å²) >= 11 is 0. The number of carboxylic acids is 1. The van der Waals surface area contributed by atoms with Crippen molar-refractivity contribution in [3.63, 3.8) is 0 Å². The Hall–Kier alpha value is 0.922. The number of hydrogen-bond donors (Lipinski definition) is 2. The maximum atomic E-state index is 9.24. The van der Waals surface area contributed by atoms with Crippen LogP contribution >= 0.6 is 0 Å². The van der Waals surface area contributed by atoms with Crippen LogP contribution in [0.4, 0.5) is 0 Å². The first-order chi connectivity index (χ1) is 2.27. The van der Waals surface area contributed by atoms with Crippen LogP contribution in [0.2, 0.25) is 0 Å². The lowest BCUT2D eigenvalue weighted by atomic mass is 10.7. The van der Waals surface area contributed by atoms with Gasteiger partial charge in [-0.2, -0.15) is 0 Å². The molecule has 0 amide bonds. The number of rotatable bonds is 1. The van der Waals surface area contributed by atoms with Gasteiger partial charge in [0.15, 0.2) is 0 Å². The predicted octanol–water partition coefficient (Wildman–Crippen LogP) is -3.63. The second kappa shape index (κ2) is 15.7. The number of nitrogens with two attached hydrogens (primary N) is 1. The topological polar surface area (TPSA) is 94.8 Å². The van der Waals surface area contributed by atoms with Gasteiger partial charge in [0.05, 0.1) is 6.54 Å². The van der Waals surface area contributed by atoms with E-state index in [4.69, 9.17) is 5.11 Å². The number of hydrogen-bond acceptors (Lipinski definition) is 2. The molecular weight excluding hydrogens is 135 g/mol. The third-order valence-electron chi connectivity index (χ3n) is 0.175. The molecule has 0 rings (SSSR count). The van der Waals surface area contributed by atoms with Crippen LogP contribution in [0.1, 0.15) is 0 Å². The summed E-state index contributed by atoms with van der Waals surface area (Å²) in [5, 5.41) is 7.60. The molecule has 0 bridgehead atoms. The summed E-state index contributed by atoms with van der Waals surface area (Å²) in [6.07, 6.45) is 0. The van der Waals surface area contributed by atoms with Gasteiger partial charge in [0.2, 0.25) is 0 Å². The number of carbonyl (C=O) groups is 1. The average molecular weight is 146 g/mol. The van der Waals surface area contributed by atoms with Crippen LogP contribution in [0.3, 0.4) is 0 Å². The summed E-state index contributed by atoms with van der Waals surface area (Å²) in [7, 11) is 0. The highest BCUT2D eigenvalue weighted by Crippen LogP contribution is 1.43. The van der Waals surface area contributed by atoms with Crippen molar-refractivity contribution in [2.45, 2.75) is 0 Å². The molecule has 4 nitrogen and oxygen atoms in total. The molecule has 0 aliphatic carbocycles. The molecule has 0 atom stereocenters. The van der Waals surface area contributed by atoms with E-state index >= 15 is 0 Å². The SMILES string of the molecule is NCC(=O)O.O.[MgH2].[MgH2]. The van der Waals surface area contributed by atoms with Crippen LogP contribution < -0.4 is 5.73 Å². The Labute approximate surface area is 79.4 Å². The molecule has 46 valence electrons. The summed E-state index contributed by atoms with van der Waals surface area (Å²) in [4.78, 5) is 9.24. The fourth-order valence-corrected chi connectivity index (χ4v) is 0. The Morgan fingerprint density at radius 3 is 1.62 bits per heavy atom. The molecule has 0 spiro atoms. The van der Waals surface area contributed by atoms with E-state index in [9.17, 15) is 4.79 Å². The van der Waals surface area contributed by atoms with Gasteiger partial charge in [-0.25, -0.2) is 0 Å². The first kappa shape index (κ1) is 23.1. The van der Waals surface area contributed by atoms with Crippen LogP contribution in [0.15, 0.2) is 0 Å². The largest absolute Gasteiger partial charge is 0.480 e. The van der Waals surface area contributed by atoms with E-state index in [-0.39, 0.29) is 58.1 Å². The minimum Gasteiger partial charge on any atom is -0.480 e. The molecule has 0 heterocycles. The number of aliphatic carboxylic acids is 1. The predicted molar refractivity (Wildman–Crippen MR) is 37.4 cm³/mol. The van der Waals surface area contributed by atoms with Gasteiger partial charge in [0.1, 0.15) is 0 Å². The molecule has 0 radical (unpaired) electrons. The lowest BCUT2D eigenvalue weighted by Gasteiger charge is -1.73. The normalized spacial score (nSPS) is 4.62. The lowest BCUT2D eigenvalue weighted by Crippen LogP contribution is -2.10. The van der Waals surface area contributed by atoms with E-state index in [0.29, 0.717) is 0 Å². The molecule has 0 saturated carbocycles. The fourth-order valence-electron chi connectivity index (χ4n) is 0. The Bertz CT molecular complexity index is 50.5. The van der Waals surface area contributed by atoms with Crippen LogP contribution in [0.5, 0.6) is 0 Å². The molecule has 5 N–H and O–H groups in total. The molecule has 6 heteroatoms. The fraction of sp³-hybridized carbons (Fsp3) is 0.500. The van der Waals surface area contributed by atoms with Gasteiger partial charge < -0.3 is 16.3 Å². The molecular formula is C2H11Mg2NO3. The summed E-state index contributed by atoms with van der Waals surface area (Å²) in [6, 6.07) is 0. The van der Waals surface area contributed by atoms with Gasteiger partial charge in [-0.1, -0.05) is 0 Å². The highest BCUT2D eigenvalue weighted by atomic mass is 24.3. The van der Waals surface area contributed by atoms with Crippen molar-refractivity contribution in [1.29, 1.82) is 0 Å². The van der Waals surface area contributed by atoms with E-state index in [1.54, 1.807) is 0 Å². The molecule has 0 fully saturated rings. The third kappa shape index (κ3) is 28.4. The molecule has 0 aliphatic heterocycles. The number of carboxylic acid groups (broad SMARTS) is 1. The second-order valence-corrected chi connectivity index (χ2v) is 0.598. The van der Waals surface area contributed by atoms with Crippen LogP contribution in [-0.4, -0.2) is 69.2 Å². The van der Waals surface area contributed by atoms with Crippen LogP contribution in [0.25, 0.3) is 0 Å². The van der Waals surface area contributed by atoms with E-state index in [1.165, 1.54) is 0 Å². The van der Waals surface area contributed by atoms with Crippen molar-refractivity contribution in [3.05, 3.63) is 0 Å². The molecule has 0 aromatic rings. The molecule has 8 heavy (non-hydrogen) atoms. The maximum Gasteiger partial charge on any atom is 0.317 e. The summed E-state index contributed by atoms with van der Waals surface area (Å²) < 4.78 is 0. The second-order valence-electron chi connectivity index (χ2n) is 0.598. The average Bonchev–Trinajstić information content (AvgIpc) is 1.38. The van der Waals surface area contributed by atoms with Gasteiger partial charge in [0, 0.05) is 0 Å². The van der Waals surface area contributed by atoms with Gasteiger partial charge in [-0.05, 0) is 0 Å². The molecule has 0 aromatic carbocycles. The Balaban J connectivity index is -0.0000000267. The van der Waals surface area contributed by atoms with Crippen molar-refractivity contribution in [1.82, 2.24) is 0 Å². The quantitative estimate of drug-likeness (QED) is 0.373. The molecule has 0 unspecified atom stereocenters. The van der Waals surface area contributed by atoms with Gasteiger partial charge in [0.25, 0.3) is 0 Å². The van der Waals surface area contributed by atoms with Crippen molar-refractivity contribution in [2.24, 2.45) is 5.73 Å². The lowest BCUT2D eigenvalue weighted by molar-refractivity contribution is -0.135. The minimum atomic E-state index is -0.968. The first-order valence-corrected chi connectivity index (χ1v) is 1.19. The van der Waals surface area contributed by atoms with E-state index in [1.807, 2.05) is 0 Å². The summed E-state index contributed by atoms with van der Waals surface area (Å²) in [6.45, 7) is -0.278. The smallest absolute Gasteiger partial charge is 0.317 e. The maximum absolute atomic E-state index is 9.24. The van der Waals surface area contributed by atoms with Gasteiger partial charge in [-0.15, -0.1) is 0 Å². The zero-order valence-electron chi connectivity index (χ0n) is 3.14. The molecule has 0 aliphatic rings. The van der Waals surface area contributed by atoms with Crippen molar-refractivity contribution in [3.8, 4) is 0 Å². The Morgan fingerprint density at radius 1 is 1.50 bits per heavy atom. The van der Waals surface area contributed by atoms with Gasteiger partial charge >= 0.3 is 52.1 Å². The zero-order valence-corrected chi connectivity index (χ0v) is 3.14. The highest BCUT2D eigenvalue weighted by Gasteiger charge is 1.81. The standard InChI is InChI=1S/C2H5NO2.2Mg.H2O.4H/c3-1-2(4)5;;;;;;;/h1,3H2,(H,4,5);;;1H2;;;;. The van der Waals surface area contributed by atoms with E-state index < -0.39 is 5.97 Å².